The summed E-state index contributed by atoms with van der Waals surface area (Å²) in [5.41, 5.74) is 6.02. The maximum Gasteiger partial charge on any atom is 0.0662 e. The molecule has 1 N–H and O–H groups in total. The molecule has 1 heterocycles. The van der Waals surface area contributed by atoms with E-state index in [4.69, 9.17) is 16.7 Å². The van der Waals surface area contributed by atoms with Crippen molar-refractivity contribution in [3.8, 4) is 0 Å². The van der Waals surface area contributed by atoms with Gasteiger partial charge >= 0.3 is 0 Å². The van der Waals surface area contributed by atoms with E-state index < -0.39 is 0 Å². The first kappa shape index (κ1) is 17.7. The third kappa shape index (κ3) is 4.30. The van der Waals surface area contributed by atoms with E-state index in [0.717, 1.165) is 23.8 Å². The molecule has 0 radical (unpaired) electrons. The highest BCUT2D eigenvalue weighted by molar-refractivity contribution is 6.30. The minimum absolute atomic E-state index is 0.231. The van der Waals surface area contributed by atoms with Crippen molar-refractivity contribution < 1.29 is 0 Å². The minimum Gasteiger partial charge on any atom is -0.306 e. The van der Waals surface area contributed by atoms with Crippen LogP contribution in [-0.4, -0.2) is 9.78 Å². The maximum atomic E-state index is 6.10. The van der Waals surface area contributed by atoms with Gasteiger partial charge in [0.2, 0.25) is 0 Å². The van der Waals surface area contributed by atoms with Crippen LogP contribution < -0.4 is 5.32 Å². The van der Waals surface area contributed by atoms with Gasteiger partial charge in [0.25, 0.3) is 0 Å². The Morgan fingerprint density at radius 2 is 1.84 bits per heavy atom. The Balaban J connectivity index is 1.70. The van der Waals surface area contributed by atoms with Crippen molar-refractivity contribution in [2.75, 3.05) is 0 Å². The van der Waals surface area contributed by atoms with E-state index in [1.165, 1.54) is 22.4 Å². The first-order valence-corrected chi connectivity index (χ1v) is 8.98. The third-order valence-electron chi connectivity index (χ3n) is 4.64. The smallest absolute Gasteiger partial charge is 0.0662 e. The van der Waals surface area contributed by atoms with Gasteiger partial charge in [-0.2, -0.15) is 5.10 Å². The zero-order chi connectivity index (χ0) is 17.8. The molecule has 130 valence electrons. The molecule has 0 saturated heterocycles. The molecule has 1 aromatic heterocycles. The molecule has 0 saturated carbocycles. The van der Waals surface area contributed by atoms with Crippen molar-refractivity contribution in [1.29, 1.82) is 0 Å². The van der Waals surface area contributed by atoms with Crippen molar-refractivity contribution in [3.05, 3.63) is 87.7 Å². The van der Waals surface area contributed by atoms with Crippen LogP contribution >= 0.6 is 11.6 Å². The normalized spacial score (nSPS) is 12.3. The van der Waals surface area contributed by atoms with Crippen LogP contribution in [0.1, 0.15) is 41.0 Å². The molecule has 0 aliphatic carbocycles. The van der Waals surface area contributed by atoms with Crippen molar-refractivity contribution in [1.82, 2.24) is 15.1 Å². The van der Waals surface area contributed by atoms with Gasteiger partial charge in [0.05, 0.1) is 12.2 Å². The lowest BCUT2D eigenvalue weighted by atomic mass is 10.1. The summed E-state index contributed by atoms with van der Waals surface area (Å²) >= 11 is 6.10. The molecule has 0 spiro atoms. The average Bonchev–Trinajstić information content (AvgIpc) is 2.87. The summed E-state index contributed by atoms with van der Waals surface area (Å²) in [5, 5.41) is 9.09. The van der Waals surface area contributed by atoms with Crippen LogP contribution in [0.3, 0.4) is 0 Å². The van der Waals surface area contributed by atoms with Crippen molar-refractivity contribution in [3.63, 3.8) is 0 Å². The van der Waals surface area contributed by atoms with Crippen LogP contribution in [0.25, 0.3) is 0 Å². The molecule has 0 aliphatic heterocycles. The van der Waals surface area contributed by atoms with Crippen LogP contribution in [-0.2, 0) is 13.1 Å². The van der Waals surface area contributed by atoms with E-state index in [2.05, 4.69) is 61.1 Å². The fourth-order valence-corrected chi connectivity index (χ4v) is 3.25. The van der Waals surface area contributed by atoms with Crippen LogP contribution in [0.5, 0.6) is 0 Å². The number of aromatic nitrogens is 2. The number of aryl methyl sites for hydroxylation is 1. The Morgan fingerprint density at radius 3 is 2.56 bits per heavy atom. The first-order chi connectivity index (χ1) is 12.0. The summed E-state index contributed by atoms with van der Waals surface area (Å²) in [7, 11) is 0. The van der Waals surface area contributed by atoms with Gasteiger partial charge in [-0.25, -0.2) is 0 Å². The third-order valence-corrected chi connectivity index (χ3v) is 4.88. The molecule has 2 aromatic carbocycles. The van der Waals surface area contributed by atoms with E-state index in [9.17, 15) is 0 Å². The summed E-state index contributed by atoms with van der Waals surface area (Å²) < 4.78 is 2.09. The SMILES string of the molecule is Cc1nn(Cc2ccccc2)c(C)c1CN[C@@H](C)c1cccc(Cl)c1. The van der Waals surface area contributed by atoms with Gasteiger partial charge in [-0.1, -0.05) is 54.1 Å². The number of hydrogen-bond acceptors (Lipinski definition) is 2. The molecular formula is C21H24ClN3. The average molecular weight is 354 g/mol. The predicted molar refractivity (Wildman–Crippen MR) is 104 cm³/mol. The van der Waals surface area contributed by atoms with Crippen molar-refractivity contribution in [2.45, 2.75) is 39.9 Å². The van der Waals surface area contributed by atoms with Crippen LogP contribution in [0.4, 0.5) is 0 Å². The molecule has 25 heavy (non-hydrogen) atoms. The first-order valence-electron chi connectivity index (χ1n) is 8.60. The summed E-state index contributed by atoms with van der Waals surface area (Å²) in [4.78, 5) is 0. The highest BCUT2D eigenvalue weighted by atomic mass is 35.5. The molecule has 0 unspecified atom stereocenters. The van der Waals surface area contributed by atoms with Crippen molar-refractivity contribution in [2.24, 2.45) is 0 Å². The van der Waals surface area contributed by atoms with E-state index in [1.807, 2.05) is 24.3 Å². The largest absolute Gasteiger partial charge is 0.306 e. The number of rotatable bonds is 6. The second-order valence-corrected chi connectivity index (χ2v) is 6.89. The van der Waals surface area contributed by atoms with Crippen molar-refractivity contribution >= 4 is 11.6 Å². The molecule has 4 heteroatoms. The molecule has 3 aromatic rings. The standard InChI is InChI=1S/C21H24ClN3/c1-15(19-10-7-11-20(22)12-19)23-13-21-16(2)24-25(17(21)3)14-18-8-5-4-6-9-18/h4-12,15,23H,13-14H2,1-3H3/t15-/m0/s1. The Bertz CT molecular complexity index is 840. The highest BCUT2D eigenvalue weighted by Gasteiger charge is 2.13. The molecule has 0 amide bonds. The Kier molecular flexibility index (Phi) is 5.57. The zero-order valence-electron chi connectivity index (χ0n) is 15.0. The van der Waals surface area contributed by atoms with Gasteiger partial charge in [0.1, 0.15) is 0 Å². The Labute approximate surface area is 154 Å². The fourth-order valence-electron chi connectivity index (χ4n) is 3.05. The molecule has 3 nitrogen and oxygen atoms in total. The second kappa shape index (κ2) is 7.85. The van der Waals surface area contributed by atoms with Gasteiger partial charge in [-0.05, 0) is 44.0 Å². The van der Waals surface area contributed by atoms with E-state index >= 15 is 0 Å². The Hall–Kier alpha value is -2.10. The summed E-state index contributed by atoms with van der Waals surface area (Å²) in [5.74, 6) is 0. The molecule has 0 fully saturated rings. The summed E-state index contributed by atoms with van der Waals surface area (Å²) in [6, 6.07) is 18.7. The molecule has 0 bridgehead atoms. The predicted octanol–water partition coefficient (Wildman–Crippen LogP) is 5.05. The molecule has 3 rings (SSSR count). The zero-order valence-corrected chi connectivity index (χ0v) is 15.7. The van der Waals surface area contributed by atoms with Crippen LogP contribution in [0, 0.1) is 13.8 Å². The summed E-state index contributed by atoms with van der Waals surface area (Å²) in [6.07, 6.45) is 0. The number of hydrogen-bond donors (Lipinski definition) is 1. The summed E-state index contributed by atoms with van der Waals surface area (Å²) in [6.45, 7) is 7.97. The fraction of sp³-hybridized carbons (Fsp3) is 0.286. The molecule has 1 atom stereocenters. The van der Waals surface area contributed by atoms with Gasteiger partial charge in [-0.3, -0.25) is 4.68 Å². The number of benzene rings is 2. The quantitative estimate of drug-likeness (QED) is 0.671. The van der Waals surface area contributed by atoms with Crippen LogP contribution in [0.15, 0.2) is 54.6 Å². The van der Waals surface area contributed by atoms with E-state index in [0.29, 0.717) is 0 Å². The number of nitrogens with zero attached hydrogens (tertiary/aromatic N) is 2. The lowest BCUT2D eigenvalue weighted by molar-refractivity contribution is 0.571. The monoisotopic (exact) mass is 353 g/mol. The van der Waals surface area contributed by atoms with Gasteiger partial charge in [0, 0.05) is 28.9 Å². The van der Waals surface area contributed by atoms with Gasteiger partial charge < -0.3 is 5.32 Å². The molecular weight excluding hydrogens is 330 g/mol. The van der Waals surface area contributed by atoms with Gasteiger partial charge in [0.15, 0.2) is 0 Å². The Morgan fingerprint density at radius 1 is 1.08 bits per heavy atom. The lowest BCUT2D eigenvalue weighted by Crippen LogP contribution is -2.19. The maximum absolute atomic E-state index is 6.10. The van der Waals surface area contributed by atoms with Crippen LogP contribution in [0.2, 0.25) is 5.02 Å². The van der Waals surface area contributed by atoms with E-state index in [1.54, 1.807) is 0 Å². The number of nitrogens with one attached hydrogen (secondary N) is 1. The highest BCUT2D eigenvalue weighted by Crippen LogP contribution is 2.20. The van der Waals surface area contributed by atoms with Gasteiger partial charge in [-0.15, -0.1) is 0 Å². The molecule has 0 aliphatic rings. The topological polar surface area (TPSA) is 29.9 Å². The number of halogens is 1. The second-order valence-electron chi connectivity index (χ2n) is 6.45. The minimum atomic E-state index is 0.231. The van der Waals surface area contributed by atoms with E-state index in [-0.39, 0.29) is 6.04 Å². The lowest BCUT2D eigenvalue weighted by Gasteiger charge is -2.15.